The van der Waals surface area contributed by atoms with Crippen molar-refractivity contribution in [1.29, 1.82) is 0 Å². The zero-order valence-electron chi connectivity index (χ0n) is 14.9. The normalized spacial score (nSPS) is 15.5. The van der Waals surface area contributed by atoms with Crippen LogP contribution >= 0.6 is 0 Å². The highest BCUT2D eigenvalue weighted by Gasteiger charge is 2.34. The van der Waals surface area contributed by atoms with Gasteiger partial charge in [0.1, 0.15) is 5.57 Å². The lowest BCUT2D eigenvalue weighted by Gasteiger charge is -2.16. The first-order valence-corrected chi connectivity index (χ1v) is 8.31. The molecule has 0 unspecified atom stereocenters. The van der Waals surface area contributed by atoms with Gasteiger partial charge in [-0.1, -0.05) is 12.1 Å². The summed E-state index contributed by atoms with van der Waals surface area (Å²) in [5.74, 6) is -0.611. The number of nitrogens with one attached hydrogen (secondary N) is 1. The summed E-state index contributed by atoms with van der Waals surface area (Å²) in [6, 6.07) is 10.3. The van der Waals surface area contributed by atoms with Gasteiger partial charge in [0.05, 0.1) is 12.3 Å². The van der Waals surface area contributed by atoms with Crippen LogP contribution in [-0.2, 0) is 9.59 Å². The fourth-order valence-electron chi connectivity index (χ4n) is 2.67. The molecule has 3 rings (SSSR count). The molecular formula is C20H20N2O4. The molecular weight excluding hydrogens is 332 g/mol. The summed E-state index contributed by atoms with van der Waals surface area (Å²) >= 11 is 0. The van der Waals surface area contributed by atoms with E-state index in [4.69, 9.17) is 4.74 Å². The summed E-state index contributed by atoms with van der Waals surface area (Å²) < 4.78 is 5.27. The predicted molar refractivity (Wildman–Crippen MR) is 98.8 cm³/mol. The molecule has 6 heteroatoms. The average molecular weight is 352 g/mol. The Bertz CT molecular complexity index is 918. The smallest absolute Gasteiger partial charge is 0.282 e. The van der Waals surface area contributed by atoms with Crippen molar-refractivity contribution in [2.75, 3.05) is 11.6 Å². The van der Waals surface area contributed by atoms with Gasteiger partial charge in [0.15, 0.2) is 11.5 Å². The lowest BCUT2D eigenvalue weighted by molar-refractivity contribution is -0.117. The quantitative estimate of drug-likeness (QED) is 0.655. The van der Waals surface area contributed by atoms with Crippen molar-refractivity contribution in [3.8, 4) is 11.5 Å². The van der Waals surface area contributed by atoms with Crippen LogP contribution in [-0.4, -0.2) is 23.5 Å². The Balaban J connectivity index is 1.90. The number of phenols is 1. The van der Waals surface area contributed by atoms with Crippen LogP contribution in [0, 0.1) is 13.8 Å². The topological polar surface area (TPSA) is 78.9 Å². The van der Waals surface area contributed by atoms with E-state index < -0.39 is 11.8 Å². The second-order valence-electron chi connectivity index (χ2n) is 6.07. The molecule has 1 aliphatic rings. The number of nitrogens with zero attached hydrogens (tertiary/aromatic N) is 1. The average Bonchev–Trinajstić information content (AvgIpc) is 2.88. The maximum atomic E-state index is 12.7. The first-order valence-electron chi connectivity index (χ1n) is 8.31. The molecule has 0 saturated carbocycles. The van der Waals surface area contributed by atoms with Gasteiger partial charge in [0, 0.05) is 0 Å². The van der Waals surface area contributed by atoms with Crippen LogP contribution in [0.3, 0.4) is 0 Å². The van der Waals surface area contributed by atoms with E-state index in [1.807, 2.05) is 32.9 Å². The van der Waals surface area contributed by atoms with E-state index in [9.17, 15) is 14.7 Å². The number of anilines is 1. The fourth-order valence-corrected chi connectivity index (χ4v) is 2.67. The molecule has 2 aromatic rings. The standard InChI is InChI=1S/C20H20N2O4/c1-4-26-18-8-6-14(11-17(18)23)10-16-19(24)21-22(20(16)25)15-7-5-12(2)13(3)9-15/h5-11,23H,4H2,1-3H3,(H,21,24). The van der Waals surface area contributed by atoms with Gasteiger partial charge in [-0.3, -0.25) is 15.0 Å². The van der Waals surface area contributed by atoms with E-state index in [1.54, 1.807) is 18.2 Å². The van der Waals surface area contributed by atoms with Crippen molar-refractivity contribution in [2.45, 2.75) is 20.8 Å². The molecule has 2 amide bonds. The number of aromatic hydroxyl groups is 1. The monoisotopic (exact) mass is 352 g/mol. The summed E-state index contributed by atoms with van der Waals surface area (Å²) in [7, 11) is 0. The fraction of sp³-hybridized carbons (Fsp3) is 0.200. The molecule has 0 atom stereocenters. The minimum atomic E-state index is -0.485. The molecule has 0 bridgehead atoms. The number of phenolic OH excluding ortho intramolecular Hbond substituents is 1. The molecule has 1 fully saturated rings. The van der Waals surface area contributed by atoms with Crippen LogP contribution in [0.15, 0.2) is 42.0 Å². The molecule has 1 saturated heterocycles. The van der Waals surface area contributed by atoms with Crippen molar-refractivity contribution < 1.29 is 19.4 Å². The molecule has 1 heterocycles. The summed E-state index contributed by atoms with van der Waals surface area (Å²) in [6.07, 6.45) is 1.45. The van der Waals surface area contributed by atoms with Crippen molar-refractivity contribution in [3.05, 3.63) is 58.7 Å². The SMILES string of the molecule is CCOc1ccc(C=C2C(=O)NN(c3ccc(C)c(C)c3)C2=O)cc1O. The number of amides is 2. The Kier molecular flexibility index (Phi) is 4.67. The van der Waals surface area contributed by atoms with Crippen molar-refractivity contribution >= 4 is 23.6 Å². The van der Waals surface area contributed by atoms with E-state index in [1.165, 1.54) is 17.2 Å². The number of aryl methyl sites for hydroxylation is 2. The third-order valence-corrected chi connectivity index (χ3v) is 4.23. The van der Waals surface area contributed by atoms with Gasteiger partial charge < -0.3 is 9.84 Å². The number of benzene rings is 2. The number of carbonyl (C=O) groups is 2. The van der Waals surface area contributed by atoms with E-state index >= 15 is 0 Å². The summed E-state index contributed by atoms with van der Waals surface area (Å²) in [5.41, 5.74) is 5.84. The highest BCUT2D eigenvalue weighted by Crippen LogP contribution is 2.29. The third kappa shape index (κ3) is 3.26. The number of hydrazine groups is 1. The molecule has 0 spiro atoms. The van der Waals surface area contributed by atoms with E-state index in [2.05, 4.69) is 5.43 Å². The number of ether oxygens (including phenoxy) is 1. The van der Waals surface area contributed by atoms with Crippen LogP contribution in [0.5, 0.6) is 11.5 Å². The summed E-state index contributed by atoms with van der Waals surface area (Å²) in [6.45, 7) is 6.17. The largest absolute Gasteiger partial charge is 0.504 e. The lowest BCUT2D eigenvalue weighted by Crippen LogP contribution is -2.35. The Morgan fingerprint density at radius 3 is 2.54 bits per heavy atom. The van der Waals surface area contributed by atoms with E-state index in [0.717, 1.165) is 11.1 Å². The maximum Gasteiger partial charge on any atom is 0.282 e. The molecule has 134 valence electrons. The Hall–Kier alpha value is -3.28. The number of hydrogen-bond donors (Lipinski definition) is 2. The Morgan fingerprint density at radius 2 is 1.88 bits per heavy atom. The van der Waals surface area contributed by atoms with Crippen LogP contribution in [0.25, 0.3) is 6.08 Å². The second-order valence-corrected chi connectivity index (χ2v) is 6.07. The predicted octanol–water partition coefficient (Wildman–Crippen LogP) is 2.87. The van der Waals surface area contributed by atoms with Gasteiger partial charge >= 0.3 is 0 Å². The molecule has 0 aromatic heterocycles. The maximum absolute atomic E-state index is 12.7. The number of rotatable bonds is 4. The minimum absolute atomic E-state index is 0.00629. The molecule has 6 nitrogen and oxygen atoms in total. The first-order chi connectivity index (χ1) is 12.4. The summed E-state index contributed by atoms with van der Waals surface area (Å²) in [5, 5.41) is 11.2. The van der Waals surface area contributed by atoms with Crippen LogP contribution in [0.2, 0.25) is 0 Å². The molecule has 0 radical (unpaired) electrons. The van der Waals surface area contributed by atoms with Gasteiger partial charge in [0.25, 0.3) is 11.8 Å². The molecule has 0 aliphatic carbocycles. The van der Waals surface area contributed by atoms with Crippen LogP contribution in [0.4, 0.5) is 5.69 Å². The lowest BCUT2D eigenvalue weighted by atomic mass is 10.1. The first kappa shape index (κ1) is 17.5. The summed E-state index contributed by atoms with van der Waals surface area (Å²) in [4.78, 5) is 24.9. The minimum Gasteiger partial charge on any atom is -0.504 e. The van der Waals surface area contributed by atoms with E-state index in [0.29, 0.717) is 23.6 Å². The van der Waals surface area contributed by atoms with Gasteiger partial charge in [-0.2, -0.15) is 0 Å². The zero-order chi connectivity index (χ0) is 18.8. The van der Waals surface area contributed by atoms with Crippen molar-refractivity contribution in [1.82, 2.24) is 5.43 Å². The van der Waals surface area contributed by atoms with Gasteiger partial charge in [0.2, 0.25) is 0 Å². The Labute approximate surface area is 151 Å². The molecule has 2 aromatic carbocycles. The van der Waals surface area contributed by atoms with Crippen molar-refractivity contribution in [2.24, 2.45) is 0 Å². The van der Waals surface area contributed by atoms with E-state index in [-0.39, 0.29) is 11.3 Å². The van der Waals surface area contributed by atoms with Gasteiger partial charge in [-0.15, -0.1) is 0 Å². The van der Waals surface area contributed by atoms with Crippen molar-refractivity contribution in [3.63, 3.8) is 0 Å². The Morgan fingerprint density at radius 1 is 1.12 bits per heavy atom. The third-order valence-electron chi connectivity index (χ3n) is 4.23. The van der Waals surface area contributed by atoms with Gasteiger partial charge in [-0.05, 0) is 67.8 Å². The van der Waals surface area contributed by atoms with Crippen LogP contribution in [0.1, 0.15) is 23.6 Å². The highest BCUT2D eigenvalue weighted by atomic mass is 16.5. The molecule has 2 N–H and O–H groups in total. The molecule has 1 aliphatic heterocycles. The highest BCUT2D eigenvalue weighted by molar-refractivity contribution is 6.31. The number of carbonyl (C=O) groups excluding carboxylic acids is 2. The zero-order valence-corrected chi connectivity index (χ0v) is 14.9. The van der Waals surface area contributed by atoms with Crippen LogP contribution < -0.4 is 15.2 Å². The van der Waals surface area contributed by atoms with Gasteiger partial charge in [-0.25, -0.2) is 5.01 Å². The second kappa shape index (κ2) is 6.92. The number of hydrogen-bond acceptors (Lipinski definition) is 4. The molecule has 26 heavy (non-hydrogen) atoms.